The minimum absolute atomic E-state index is 0.128. The molecule has 0 aromatic heterocycles. The Balaban J connectivity index is 1.41. The van der Waals surface area contributed by atoms with Crippen LogP contribution >= 0.6 is 11.8 Å². The molecule has 0 radical (unpaired) electrons. The molecule has 0 N–H and O–H groups in total. The summed E-state index contributed by atoms with van der Waals surface area (Å²) in [5, 5.41) is 0. The summed E-state index contributed by atoms with van der Waals surface area (Å²) in [6, 6.07) is 31.4. The lowest BCUT2D eigenvalue weighted by atomic mass is 10.1. The maximum atomic E-state index is 13.1. The van der Waals surface area contributed by atoms with E-state index in [2.05, 4.69) is 65.6 Å². The average Bonchev–Trinajstić information content (AvgIpc) is 3.03. The smallest absolute Gasteiger partial charge is 0.222 e. The molecule has 3 nitrogen and oxygen atoms in total. The van der Waals surface area contributed by atoms with E-state index in [1.807, 2.05) is 42.1 Å². The van der Waals surface area contributed by atoms with Crippen LogP contribution in [0.15, 0.2) is 95.9 Å². The minimum Gasteiger partial charge on any atom is -0.373 e. The van der Waals surface area contributed by atoms with Crippen LogP contribution in [0.2, 0.25) is 0 Å². The van der Waals surface area contributed by atoms with Crippen molar-refractivity contribution in [1.82, 2.24) is 4.90 Å². The van der Waals surface area contributed by atoms with Crippen molar-refractivity contribution < 1.29 is 9.53 Å². The van der Waals surface area contributed by atoms with Gasteiger partial charge in [0.15, 0.2) is 0 Å². The van der Waals surface area contributed by atoms with Crippen LogP contribution in [0.3, 0.4) is 0 Å². The van der Waals surface area contributed by atoms with Crippen molar-refractivity contribution in [2.75, 3.05) is 12.3 Å². The monoisotopic (exact) mass is 445 g/mol. The van der Waals surface area contributed by atoms with E-state index in [0.29, 0.717) is 13.0 Å². The van der Waals surface area contributed by atoms with Gasteiger partial charge < -0.3 is 9.64 Å². The Kier molecular flexibility index (Phi) is 8.41. The van der Waals surface area contributed by atoms with E-state index in [9.17, 15) is 4.79 Å². The molecule has 0 aliphatic carbocycles. The van der Waals surface area contributed by atoms with E-state index < -0.39 is 0 Å². The molecule has 1 aliphatic heterocycles. The van der Waals surface area contributed by atoms with Gasteiger partial charge in [-0.3, -0.25) is 4.79 Å². The van der Waals surface area contributed by atoms with Gasteiger partial charge in [0.2, 0.25) is 5.91 Å². The van der Waals surface area contributed by atoms with E-state index in [4.69, 9.17) is 4.74 Å². The van der Waals surface area contributed by atoms with Gasteiger partial charge in [0.1, 0.15) is 0 Å². The SMILES string of the molecule is O=C1CC[C@H](OCc2ccccc2)CCN1[C@H](CSc1ccccc1)Cc1ccccc1. The molecule has 1 saturated heterocycles. The Morgan fingerprint density at radius 3 is 2.16 bits per heavy atom. The van der Waals surface area contributed by atoms with E-state index in [1.165, 1.54) is 16.0 Å². The summed E-state index contributed by atoms with van der Waals surface area (Å²) in [6.07, 6.45) is 3.25. The zero-order valence-electron chi connectivity index (χ0n) is 18.4. The van der Waals surface area contributed by atoms with Gasteiger partial charge in [-0.1, -0.05) is 78.9 Å². The van der Waals surface area contributed by atoms with Gasteiger partial charge in [0.25, 0.3) is 0 Å². The van der Waals surface area contributed by atoms with Crippen molar-refractivity contribution in [2.24, 2.45) is 0 Å². The van der Waals surface area contributed by atoms with Crippen molar-refractivity contribution in [3.8, 4) is 0 Å². The van der Waals surface area contributed by atoms with E-state index >= 15 is 0 Å². The van der Waals surface area contributed by atoms with E-state index in [0.717, 1.165) is 31.6 Å². The zero-order valence-corrected chi connectivity index (χ0v) is 19.3. The van der Waals surface area contributed by atoms with Crippen LogP contribution in [0.4, 0.5) is 0 Å². The summed E-state index contributed by atoms with van der Waals surface area (Å²) < 4.78 is 6.19. The van der Waals surface area contributed by atoms with Gasteiger partial charge in [-0.2, -0.15) is 0 Å². The van der Waals surface area contributed by atoms with Crippen LogP contribution in [0.5, 0.6) is 0 Å². The van der Waals surface area contributed by atoms with Gasteiger partial charge in [0.05, 0.1) is 12.7 Å². The maximum Gasteiger partial charge on any atom is 0.222 e. The summed E-state index contributed by atoms with van der Waals surface area (Å²) in [5.74, 6) is 1.14. The third kappa shape index (κ3) is 6.72. The second kappa shape index (κ2) is 11.9. The molecular weight excluding hydrogens is 414 g/mol. The molecule has 4 rings (SSSR count). The molecule has 0 spiro atoms. The Labute approximate surface area is 195 Å². The van der Waals surface area contributed by atoms with Crippen LogP contribution in [0.25, 0.3) is 0 Å². The van der Waals surface area contributed by atoms with Gasteiger partial charge in [-0.05, 0) is 42.5 Å². The van der Waals surface area contributed by atoms with Crippen LogP contribution in [0, 0.1) is 0 Å². The third-order valence-corrected chi connectivity index (χ3v) is 7.12. The molecule has 4 heteroatoms. The highest BCUT2D eigenvalue weighted by Gasteiger charge is 2.28. The quantitative estimate of drug-likeness (QED) is 0.379. The number of benzene rings is 3. The third-order valence-electron chi connectivity index (χ3n) is 5.96. The second-order valence-corrected chi connectivity index (χ2v) is 9.39. The molecule has 1 aliphatic rings. The molecule has 0 saturated carbocycles. The number of carbonyl (C=O) groups is 1. The molecule has 1 fully saturated rings. The number of amides is 1. The van der Waals surface area contributed by atoms with Crippen LogP contribution in [0.1, 0.15) is 30.4 Å². The predicted molar refractivity (Wildman–Crippen MR) is 132 cm³/mol. The lowest BCUT2D eigenvalue weighted by Crippen LogP contribution is -2.43. The highest BCUT2D eigenvalue weighted by Crippen LogP contribution is 2.25. The molecular formula is C28H31NO2S. The number of carbonyl (C=O) groups excluding carboxylic acids is 1. The Hall–Kier alpha value is -2.56. The number of ether oxygens (including phenoxy) is 1. The number of rotatable bonds is 9. The number of hydrogen-bond acceptors (Lipinski definition) is 3. The van der Waals surface area contributed by atoms with Crippen molar-refractivity contribution in [3.63, 3.8) is 0 Å². The lowest BCUT2D eigenvalue weighted by Gasteiger charge is -2.31. The lowest BCUT2D eigenvalue weighted by molar-refractivity contribution is -0.132. The first-order valence-electron chi connectivity index (χ1n) is 11.4. The normalized spacial score (nSPS) is 17.7. The van der Waals surface area contributed by atoms with E-state index in [1.54, 1.807) is 0 Å². The summed E-state index contributed by atoms with van der Waals surface area (Å²) >= 11 is 1.83. The number of hydrogen-bond donors (Lipinski definition) is 0. The fourth-order valence-corrected chi connectivity index (χ4v) is 5.21. The summed E-state index contributed by atoms with van der Waals surface area (Å²) in [6.45, 7) is 1.36. The zero-order chi connectivity index (χ0) is 22.0. The molecule has 166 valence electrons. The highest BCUT2D eigenvalue weighted by atomic mass is 32.2. The molecule has 3 aromatic rings. The summed E-state index contributed by atoms with van der Waals surface area (Å²) in [5.41, 5.74) is 2.46. The number of thioether (sulfide) groups is 1. The number of likely N-dealkylation sites (tertiary alicyclic amines) is 1. The van der Waals surface area contributed by atoms with Gasteiger partial charge in [-0.15, -0.1) is 11.8 Å². The fourth-order valence-electron chi connectivity index (χ4n) is 4.18. The molecule has 0 bridgehead atoms. The molecule has 3 aromatic carbocycles. The van der Waals surface area contributed by atoms with Crippen molar-refractivity contribution in [1.29, 1.82) is 0 Å². The van der Waals surface area contributed by atoms with Crippen LogP contribution in [-0.4, -0.2) is 35.3 Å². The van der Waals surface area contributed by atoms with Gasteiger partial charge in [0, 0.05) is 29.7 Å². The first-order chi connectivity index (χ1) is 15.8. The van der Waals surface area contributed by atoms with Crippen LogP contribution < -0.4 is 0 Å². The molecule has 1 heterocycles. The number of nitrogens with zero attached hydrogens (tertiary/aromatic N) is 1. The first-order valence-corrected chi connectivity index (χ1v) is 12.4. The van der Waals surface area contributed by atoms with Crippen LogP contribution in [-0.2, 0) is 22.6 Å². The highest BCUT2D eigenvalue weighted by molar-refractivity contribution is 7.99. The molecule has 1 amide bonds. The van der Waals surface area contributed by atoms with Crippen molar-refractivity contribution in [3.05, 3.63) is 102 Å². The second-order valence-electron chi connectivity index (χ2n) is 8.30. The van der Waals surface area contributed by atoms with Crippen molar-refractivity contribution in [2.45, 2.75) is 49.3 Å². The first kappa shape index (κ1) is 22.6. The Morgan fingerprint density at radius 2 is 1.47 bits per heavy atom. The summed E-state index contributed by atoms with van der Waals surface area (Å²) in [4.78, 5) is 16.5. The topological polar surface area (TPSA) is 29.5 Å². The summed E-state index contributed by atoms with van der Waals surface area (Å²) in [7, 11) is 0. The fraction of sp³-hybridized carbons (Fsp3) is 0.321. The molecule has 0 unspecified atom stereocenters. The van der Waals surface area contributed by atoms with E-state index in [-0.39, 0.29) is 18.1 Å². The Morgan fingerprint density at radius 1 is 0.844 bits per heavy atom. The standard InChI is InChI=1S/C28H31NO2S/c30-28-17-16-26(31-21-24-12-6-2-7-13-24)18-19-29(28)25(20-23-10-4-1-5-11-23)22-32-27-14-8-3-9-15-27/h1-15,25-26H,16-22H2/t25-,26-/m0/s1. The average molecular weight is 446 g/mol. The van der Waals surface area contributed by atoms with Gasteiger partial charge in [-0.25, -0.2) is 0 Å². The molecule has 32 heavy (non-hydrogen) atoms. The minimum atomic E-state index is 0.128. The maximum absolute atomic E-state index is 13.1. The van der Waals surface area contributed by atoms with Gasteiger partial charge >= 0.3 is 0 Å². The largest absolute Gasteiger partial charge is 0.373 e. The molecule has 2 atom stereocenters. The predicted octanol–water partition coefficient (Wildman–Crippen LogP) is 5.99. The Bertz CT molecular complexity index is 949. The van der Waals surface area contributed by atoms with Crippen molar-refractivity contribution >= 4 is 17.7 Å².